The summed E-state index contributed by atoms with van der Waals surface area (Å²) in [5, 5.41) is 20.8. The number of aliphatic hydroxyl groups is 2. The molecular weight excluding hydrogens is 846 g/mol. The largest absolute Gasteiger partial charge is 0.472 e. The number of unbranched alkanes of at least 4 members (excludes halogenated alkanes) is 20. The van der Waals surface area contributed by atoms with Gasteiger partial charge >= 0.3 is 19.8 Å². The molecule has 0 bridgehead atoms. The summed E-state index contributed by atoms with van der Waals surface area (Å²) >= 11 is 0. The first-order chi connectivity index (χ1) is 31.2. The van der Waals surface area contributed by atoms with Gasteiger partial charge in [-0.05, 0) is 57.8 Å². The van der Waals surface area contributed by atoms with E-state index in [0.717, 1.165) is 38.5 Å². The maximum absolute atomic E-state index is 12.8. The minimum atomic E-state index is -4.46. The second-order valence-electron chi connectivity index (χ2n) is 19.3. The van der Waals surface area contributed by atoms with Crippen molar-refractivity contribution in [3.05, 3.63) is 36.5 Å². The smallest absolute Gasteiger partial charge is 0.462 e. The molecule has 1 fully saturated rings. The van der Waals surface area contributed by atoms with Crippen LogP contribution in [0.1, 0.15) is 200 Å². The molecule has 3 N–H and O–H groups in total. The normalized spacial score (nSPS) is 18.8. The highest BCUT2D eigenvalue weighted by Gasteiger charge is 2.39. The van der Waals surface area contributed by atoms with Crippen LogP contribution in [-0.4, -0.2) is 103 Å². The van der Waals surface area contributed by atoms with Crippen LogP contribution in [-0.2, 0) is 37.5 Å². The maximum atomic E-state index is 12.8. The highest BCUT2D eigenvalue weighted by atomic mass is 31.2. The molecule has 65 heavy (non-hydrogen) atoms. The summed E-state index contributed by atoms with van der Waals surface area (Å²) in [6.45, 7) is 4.02. The average Bonchev–Trinajstić information content (AvgIpc) is 3.52. The Morgan fingerprint density at radius 2 is 1.23 bits per heavy atom. The molecule has 0 heterocycles. The molecule has 1 rings (SSSR count). The molecule has 6 atom stereocenters. The van der Waals surface area contributed by atoms with Crippen LogP contribution in [0.4, 0.5) is 0 Å². The number of Topliss-reactive ketones (excluding diaryl/α,β-unsaturated/α-hetero) is 1. The van der Waals surface area contributed by atoms with E-state index in [2.05, 4.69) is 26.0 Å². The Kier molecular flexibility index (Phi) is 36.3. The molecule has 0 aromatic rings. The zero-order valence-electron chi connectivity index (χ0n) is 41.7. The molecule has 1 aliphatic rings. The average molecular weight is 941 g/mol. The summed E-state index contributed by atoms with van der Waals surface area (Å²) in [5.74, 6) is -1.72. The summed E-state index contributed by atoms with van der Waals surface area (Å²) in [6, 6.07) is 0. The number of carbonyl (C=O) groups excluding carboxylic acids is 3. The van der Waals surface area contributed by atoms with E-state index in [9.17, 15) is 34.1 Å². The first-order valence-electron chi connectivity index (χ1n) is 25.8. The molecular formula is C52H95NO11P+. The summed E-state index contributed by atoms with van der Waals surface area (Å²) in [6.07, 6.45) is 38.4. The van der Waals surface area contributed by atoms with Gasteiger partial charge in [-0.2, -0.15) is 0 Å². The first kappa shape index (κ1) is 60.8. The number of rotatable bonds is 43. The van der Waals surface area contributed by atoms with Crippen LogP contribution in [0.3, 0.4) is 0 Å². The molecule has 0 spiro atoms. The number of quaternary nitrogens is 1. The van der Waals surface area contributed by atoms with Crippen LogP contribution in [0.15, 0.2) is 36.5 Å². The minimum Gasteiger partial charge on any atom is -0.462 e. The predicted octanol–water partition coefficient (Wildman–Crippen LogP) is 11.8. The van der Waals surface area contributed by atoms with Crippen molar-refractivity contribution in [3.8, 4) is 0 Å². The second kappa shape index (κ2) is 38.8. The highest BCUT2D eigenvalue weighted by molar-refractivity contribution is 7.47. The van der Waals surface area contributed by atoms with E-state index in [4.69, 9.17) is 18.5 Å². The van der Waals surface area contributed by atoms with Gasteiger partial charge in [-0.3, -0.25) is 23.4 Å². The molecule has 1 saturated carbocycles. The van der Waals surface area contributed by atoms with Crippen LogP contribution in [0.5, 0.6) is 0 Å². The number of hydrogen-bond donors (Lipinski definition) is 3. The monoisotopic (exact) mass is 941 g/mol. The van der Waals surface area contributed by atoms with Gasteiger partial charge in [0.25, 0.3) is 0 Å². The molecule has 13 heteroatoms. The van der Waals surface area contributed by atoms with Gasteiger partial charge < -0.3 is 29.1 Å². The van der Waals surface area contributed by atoms with Crippen molar-refractivity contribution in [2.45, 2.75) is 218 Å². The number of esters is 2. The van der Waals surface area contributed by atoms with E-state index in [1.165, 1.54) is 96.3 Å². The standard InChI is InChI=1S/C52H94NO11P/c1-6-8-10-11-12-13-14-15-16-17-18-19-20-21-22-23-24-25-26-27-32-36-51(57)61-43-46(44-63-65(59,60)62-41-40-53(3,4)5)64-52(58)37-33-29-28-31-35-47-48(50(56)42-49(47)55)39-38-45(54)34-30-9-7-2/h15-16,28,31,38-39,45-48,50,54,56H,6-14,17-27,29-30,32-37,40-44H2,1-5H3/p+1/b16-15-,31-28-,39-38+/t45-,46+,47+,48+,50+/m0/s1. The van der Waals surface area contributed by atoms with Crippen molar-refractivity contribution < 1.29 is 57.1 Å². The van der Waals surface area contributed by atoms with Crippen molar-refractivity contribution in [1.82, 2.24) is 0 Å². The van der Waals surface area contributed by atoms with Gasteiger partial charge in [0.05, 0.1) is 40.0 Å². The van der Waals surface area contributed by atoms with Gasteiger partial charge in [-0.15, -0.1) is 0 Å². The highest BCUT2D eigenvalue weighted by Crippen LogP contribution is 2.43. The first-order valence-corrected chi connectivity index (χ1v) is 27.3. The van der Waals surface area contributed by atoms with Crippen molar-refractivity contribution in [2.75, 3.05) is 47.5 Å². The SMILES string of the molecule is CCCCCCCC/C=C\CCCCCCCCCCCCCC(=O)OC[C@H](COP(=O)(O)OCC[N+](C)(C)C)OC(=O)CCC/C=C\C[C@H]1C(=O)C[C@@H](O)[C@@H]1/C=C/[C@@H](O)CCCCC. The Labute approximate surface area is 395 Å². The van der Waals surface area contributed by atoms with E-state index in [0.29, 0.717) is 43.1 Å². The Morgan fingerprint density at radius 3 is 1.83 bits per heavy atom. The Hall–Kier alpha value is -2.18. The molecule has 0 aromatic heterocycles. The molecule has 0 radical (unpaired) electrons. The van der Waals surface area contributed by atoms with Gasteiger partial charge in [0.15, 0.2) is 6.10 Å². The fourth-order valence-corrected chi connectivity index (χ4v) is 8.61. The number of nitrogens with zero attached hydrogens (tertiary/aromatic N) is 1. The molecule has 1 aliphatic carbocycles. The summed E-state index contributed by atoms with van der Waals surface area (Å²) < 4.78 is 34.4. The van der Waals surface area contributed by atoms with Crippen molar-refractivity contribution >= 4 is 25.5 Å². The number of ketones is 1. The Balaban J connectivity index is 2.40. The van der Waals surface area contributed by atoms with Crippen LogP contribution in [0.25, 0.3) is 0 Å². The molecule has 378 valence electrons. The van der Waals surface area contributed by atoms with Gasteiger partial charge in [-0.1, -0.05) is 159 Å². The van der Waals surface area contributed by atoms with E-state index in [-0.39, 0.29) is 50.1 Å². The predicted molar refractivity (Wildman–Crippen MR) is 262 cm³/mol. The number of aliphatic hydroxyl groups excluding tert-OH is 2. The third-order valence-corrected chi connectivity index (χ3v) is 13.0. The number of carbonyl (C=O) groups is 3. The third kappa shape index (κ3) is 35.6. The minimum absolute atomic E-state index is 0.00410. The zero-order valence-corrected chi connectivity index (χ0v) is 42.6. The van der Waals surface area contributed by atoms with Crippen molar-refractivity contribution in [1.29, 1.82) is 0 Å². The molecule has 0 aromatic carbocycles. The van der Waals surface area contributed by atoms with Crippen LogP contribution in [0, 0.1) is 11.8 Å². The molecule has 12 nitrogen and oxygen atoms in total. The Bertz CT molecular complexity index is 1360. The van der Waals surface area contributed by atoms with Crippen molar-refractivity contribution in [3.63, 3.8) is 0 Å². The lowest BCUT2D eigenvalue weighted by Crippen LogP contribution is -2.37. The number of hydrogen-bond acceptors (Lipinski definition) is 10. The van der Waals surface area contributed by atoms with E-state index in [1.807, 2.05) is 33.3 Å². The fraction of sp³-hybridized carbons (Fsp3) is 0.827. The number of phosphoric ester groups is 1. The molecule has 0 saturated heterocycles. The zero-order chi connectivity index (χ0) is 48.0. The summed E-state index contributed by atoms with van der Waals surface area (Å²) in [4.78, 5) is 48.3. The van der Waals surface area contributed by atoms with E-state index >= 15 is 0 Å². The van der Waals surface area contributed by atoms with E-state index in [1.54, 1.807) is 12.2 Å². The Morgan fingerprint density at radius 1 is 0.708 bits per heavy atom. The van der Waals surface area contributed by atoms with Gasteiger partial charge in [0.1, 0.15) is 25.5 Å². The summed E-state index contributed by atoms with van der Waals surface area (Å²) in [7, 11) is 1.31. The summed E-state index contributed by atoms with van der Waals surface area (Å²) in [5.41, 5.74) is 0. The lowest BCUT2D eigenvalue weighted by Gasteiger charge is -2.24. The number of phosphoric acid groups is 1. The topological polar surface area (TPSA) is 166 Å². The quantitative estimate of drug-likeness (QED) is 0.0175. The number of ether oxygens (including phenoxy) is 2. The van der Waals surface area contributed by atoms with Gasteiger partial charge in [0.2, 0.25) is 0 Å². The third-order valence-electron chi connectivity index (χ3n) is 12.0. The second-order valence-corrected chi connectivity index (χ2v) is 20.8. The van der Waals surface area contributed by atoms with Crippen LogP contribution < -0.4 is 0 Å². The molecule has 0 amide bonds. The number of likely N-dealkylation sites (N-methyl/N-ethyl adjacent to an activating group) is 1. The van der Waals surface area contributed by atoms with Crippen molar-refractivity contribution in [2.24, 2.45) is 11.8 Å². The maximum Gasteiger partial charge on any atom is 0.472 e. The van der Waals surface area contributed by atoms with Crippen LogP contribution in [0.2, 0.25) is 0 Å². The number of allylic oxidation sites excluding steroid dienone is 4. The fourth-order valence-electron chi connectivity index (χ4n) is 7.87. The molecule has 0 aliphatic heterocycles. The van der Waals surface area contributed by atoms with Crippen LogP contribution >= 0.6 is 7.82 Å². The van der Waals surface area contributed by atoms with E-state index < -0.39 is 44.7 Å². The van der Waals surface area contributed by atoms with Gasteiger partial charge in [0, 0.05) is 31.1 Å². The van der Waals surface area contributed by atoms with Gasteiger partial charge in [-0.25, -0.2) is 4.57 Å². The molecule has 1 unspecified atom stereocenters. The lowest BCUT2D eigenvalue weighted by atomic mass is 9.90. The lowest BCUT2D eigenvalue weighted by molar-refractivity contribution is -0.870.